The maximum Gasteiger partial charge on any atom is 0.221 e. The fourth-order valence-corrected chi connectivity index (χ4v) is 4.40. The first-order valence-electron chi connectivity index (χ1n) is 10.9. The maximum atomic E-state index is 12.2. The minimum Gasteiger partial charge on any atom is -0.495 e. The predicted molar refractivity (Wildman–Crippen MR) is 123 cm³/mol. The molecule has 1 unspecified atom stereocenters. The van der Waals surface area contributed by atoms with E-state index in [9.17, 15) is 4.79 Å². The average Bonchev–Trinajstić information content (AvgIpc) is 3.22. The average molecular weight is 436 g/mol. The van der Waals surface area contributed by atoms with Gasteiger partial charge in [-0.3, -0.25) is 9.79 Å². The second-order valence-electron chi connectivity index (χ2n) is 8.04. The normalized spacial score (nSPS) is 20.2. The number of nitrogens with zero attached hydrogens (tertiary/aromatic N) is 2. The van der Waals surface area contributed by atoms with Gasteiger partial charge in [0.15, 0.2) is 5.96 Å². The Morgan fingerprint density at radius 2 is 2.00 bits per heavy atom. The van der Waals surface area contributed by atoms with Gasteiger partial charge < -0.3 is 25.6 Å². The van der Waals surface area contributed by atoms with E-state index in [1.807, 2.05) is 18.2 Å². The molecule has 166 valence electrons. The highest BCUT2D eigenvalue weighted by molar-refractivity contribution is 6.30. The number of aliphatic imine (C=N–C) groups is 1. The lowest BCUT2D eigenvalue weighted by Crippen LogP contribution is -2.46. The second kappa shape index (κ2) is 11.3. The highest BCUT2D eigenvalue weighted by Gasteiger charge is 2.25. The van der Waals surface area contributed by atoms with Crippen molar-refractivity contribution in [1.29, 1.82) is 0 Å². The molecule has 1 aromatic carbocycles. The van der Waals surface area contributed by atoms with Crippen LogP contribution in [0.3, 0.4) is 0 Å². The van der Waals surface area contributed by atoms with Crippen LogP contribution < -0.4 is 25.6 Å². The van der Waals surface area contributed by atoms with E-state index in [4.69, 9.17) is 16.3 Å². The highest BCUT2D eigenvalue weighted by atomic mass is 35.5. The van der Waals surface area contributed by atoms with Crippen LogP contribution in [0.2, 0.25) is 5.02 Å². The Hall–Kier alpha value is -2.15. The molecule has 1 saturated carbocycles. The Morgan fingerprint density at radius 1 is 1.20 bits per heavy atom. The standard InChI is InChI=1S/C22H34ClN5O2/c1-24-22(25-12-10-21(29)26-17-6-4-3-5-7-17)27-18-11-13-28(15-18)19-14-16(23)8-9-20(19)30-2/h8-9,14,17-18H,3-7,10-13,15H2,1-2H3,(H,26,29)(H2,24,25,27). The molecule has 8 heteroatoms. The largest absolute Gasteiger partial charge is 0.495 e. The van der Waals surface area contributed by atoms with Crippen molar-refractivity contribution in [1.82, 2.24) is 16.0 Å². The van der Waals surface area contributed by atoms with Gasteiger partial charge in [-0.25, -0.2) is 0 Å². The van der Waals surface area contributed by atoms with Crippen LogP contribution in [-0.4, -0.2) is 57.7 Å². The third kappa shape index (κ3) is 6.42. The summed E-state index contributed by atoms with van der Waals surface area (Å²) in [5, 5.41) is 10.6. The zero-order valence-electron chi connectivity index (χ0n) is 18.0. The van der Waals surface area contributed by atoms with Gasteiger partial charge in [0.2, 0.25) is 5.91 Å². The van der Waals surface area contributed by atoms with Crippen molar-refractivity contribution in [2.24, 2.45) is 4.99 Å². The quantitative estimate of drug-likeness (QED) is 0.453. The number of amides is 1. The predicted octanol–water partition coefficient (Wildman–Crippen LogP) is 2.93. The van der Waals surface area contributed by atoms with Crippen LogP contribution in [-0.2, 0) is 4.79 Å². The van der Waals surface area contributed by atoms with Gasteiger partial charge in [0.25, 0.3) is 0 Å². The van der Waals surface area contributed by atoms with Crippen molar-refractivity contribution in [3.63, 3.8) is 0 Å². The first kappa shape index (κ1) is 22.5. The summed E-state index contributed by atoms with van der Waals surface area (Å²) in [6.45, 7) is 2.31. The van der Waals surface area contributed by atoms with Gasteiger partial charge in [-0.2, -0.15) is 0 Å². The van der Waals surface area contributed by atoms with Gasteiger partial charge >= 0.3 is 0 Å². The lowest BCUT2D eigenvalue weighted by molar-refractivity contribution is -0.121. The minimum atomic E-state index is 0.116. The number of guanidine groups is 1. The van der Waals surface area contributed by atoms with Crippen molar-refractivity contribution in [3.8, 4) is 5.75 Å². The maximum absolute atomic E-state index is 12.2. The second-order valence-corrected chi connectivity index (χ2v) is 8.48. The summed E-state index contributed by atoms with van der Waals surface area (Å²) in [5.41, 5.74) is 1.01. The van der Waals surface area contributed by atoms with Gasteiger partial charge in [-0.05, 0) is 37.5 Å². The number of carbonyl (C=O) groups excluding carboxylic acids is 1. The molecule has 0 aromatic heterocycles. The monoisotopic (exact) mass is 435 g/mol. The highest BCUT2D eigenvalue weighted by Crippen LogP contribution is 2.33. The fraction of sp³-hybridized carbons (Fsp3) is 0.636. The molecule has 1 amide bonds. The van der Waals surface area contributed by atoms with E-state index in [0.29, 0.717) is 24.0 Å². The molecule has 3 rings (SSSR count). The summed E-state index contributed by atoms with van der Waals surface area (Å²) in [7, 11) is 3.43. The number of benzene rings is 1. The first-order valence-corrected chi connectivity index (χ1v) is 11.3. The minimum absolute atomic E-state index is 0.116. The molecule has 2 fully saturated rings. The van der Waals surface area contributed by atoms with E-state index >= 15 is 0 Å². The van der Waals surface area contributed by atoms with Crippen LogP contribution in [0.15, 0.2) is 23.2 Å². The number of hydrogen-bond acceptors (Lipinski definition) is 4. The van der Waals surface area contributed by atoms with Gasteiger partial charge in [0.05, 0.1) is 12.8 Å². The van der Waals surface area contributed by atoms with E-state index in [-0.39, 0.29) is 11.9 Å². The third-order valence-electron chi connectivity index (χ3n) is 5.85. The van der Waals surface area contributed by atoms with Crippen LogP contribution >= 0.6 is 11.6 Å². The van der Waals surface area contributed by atoms with Crippen LogP contribution in [0.1, 0.15) is 44.9 Å². The van der Waals surface area contributed by atoms with Crippen molar-refractivity contribution < 1.29 is 9.53 Å². The molecule has 0 radical (unpaired) electrons. The van der Waals surface area contributed by atoms with Crippen molar-refractivity contribution in [3.05, 3.63) is 23.2 Å². The molecule has 30 heavy (non-hydrogen) atoms. The molecular formula is C22H34ClN5O2. The molecule has 1 atom stereocenters. The molecule has 1 saturated heterocycles. The third-order valence-corrected chi connectivity index (χ3v) is 6.08. The molecule has 7 nitrogen and oxygen atoms in total. The molecular weight excluding hydrogens is 402 g/mol. The zero-order valence-corrected chi connectivity index (χ0v) is 18.8. The lowest BCUT2D eigenvalue weighted by atomic mass is 9.95. The summed E-state index contributed by atoms with van der Waals surface area (Å²) in [6.07, 6.45) is 7.39. The molecule has 1 heterocycles. The van der Waals surface area contributed by atoms with Crippen LogP contribution in [0.4, 0.5) is 5.69 Å². The molecule has 1 aliphatic carbocycles. The molecule has 0 bridgehead atoms. The molecule has 3 N–H and O–H groups in total. The summed E-state index contributed by atoms with van der Waals surface area (Å²) in [4.78, 5) is 18.8. The van der Waals surface area contributed by atoms with E-state index in [1.165, 1.54) is 19.3 Å². The van der Waals surface area contributed by atoms with E-state index < -0.39 is 0 Å². The topological polar surface area (TPSA) is 78.0 Å². The van der Waals surface area contributed by atoms with Crippen molar-refractivity contribution >= 4 is 29.2 Å². The summed E-state index contributed by atoms with van der Waals surface area (Å²) in [5.74, 6) is 1.67. The zero-order chi connectivity index (χ0) is 21.3. The Labute approximate surface area is 184 Å². The summed E-state index contributed by atoms with van der Waals surface area (Å²) < 4.78 is 5.49. The molecule has 1 aromatic rings. The SMILES string of the molecule is CN=C(NCCC(=O)NC1CCCCC1)NC1CCN(c2cc(Cl)ccc2OC)C1. The first-order chi connectivity index (χ1) is 14.6. The number of halogens is 1. The van der Waals surface area contributed by atoms with E-state index in [0.717, 1.165) is 49.7 Å². The van der Waals surface area contributed by atoms with Crippen LogP contribution in [0, 0.1) is 0 Å². The van der Waals surface area contributed by atoms with Gasteiger partial charge in [-0.1, -0.05) is 30.9 Å². The number of hydrogen-bond donors (Lipinski definition) is 3. The number of nitrogens with one attached hydrogen (secondary N) is 3. The molecule has 1 aliphatic heterocycles. The van der Waals surface area contributed by atoms with Gasteiger partial charge in [0, 0.05) is 50.2 Å². The van der Waals surface area contributed by atoms with Gasteiger partial charge in [-0.15, -0.1) is 0 Å². The number of methoxy groups -OCH3 is 1. The number of carbonyl (C=O) groups is 1. The smallest absolute Gasteiger partial charge is 0.221 e. The Kier molecular flexibility index (Phi) is 8.49. The van der Waals surface area contributed by atoms with Gasteiger partial charge in [0.1, 0.15) is 5.75 Å². The number of ether oxygens (including phenoxy) is 1. The fourth-order valence-electron chi connectivity index (χ4n) is 4.24. The van der Waals surface area contributed by atoms with Crippen LogP contribution in [0.5, 0.6) is 5.75 Å². The molecule has 0 spiro atoms. The number of rotatable bonds is 7. The Balaban J connectivity index is 1.42. The van der Waals surface area contributed by atoms with E-state index in [1.54, 1.807) is 14.2 Å². The Bertz CT molecular complexity index is 736. The molecule has 2 aliphatic rings. The van der Waals surface area contributed by atoms with E-state index in [2.05, 4.69) is 25.8 Å². The lowest BCUT2D eigenvalue weighted by Gasteiger charge is -2.23. The summed E-state index contributed by atoms with van der Waals surface area (Å²) in [6, 6.07) is 6.30. The van der Waals surface area contributed by atoms with Crippen molar-refractivity contribution in [2.45, 2.75) is 57.0 Å². The Morgan fingerprint density at radius 3 is 2.73 bits per heavy atom. The van der Waals surface area contributed by atoms with Crippen LogP contribution in [0.25, 0.3) is 0 Å². The summed E-state index contributed by atoms with van der Waals surface area (Å²) >= 11 is 6.18. The number of anilines is 1. The van der Waals surface area contributed by atoms with Crippen molar-refractivity contribution in [2.75, 3.05) is 38.7 Å².